The first-order valence-electron chi connectivity index (χ1n) is 3.14. The highest BCUT2D eigenvalue weighted by Crippen LogP contribution is 2.06. The molecule has 3 N–H and O–H groups in total. The molecule has 0 fully saturated rings. The van der Waals surface area contributed by atoms with Crippen LogP contribution in [0.3, 0.4) is 0 Å². The quantitative estimate of drug-likeness (QED) is 0.562. The molecule has 1 heterocycles. The standard InChI is InChI=1S/C6H9N3O2/c1-7-5(6(10)11)4-2-8-3-9-4/h2-3,5,7H,1H3,(H,8,9)(H,10,11)/t5-/m1/s1. The number of H-pyrrole nitrogens is 1. The Morgan fingerprint density at radius 3 is 3.00 bits per heavy atom. The zero-order valence-corrected chi connectivity index (χ0v) is 6.03. The Bertz CT molecular complexity index is 232. The van der Waals surface area contributed by atoms with Crippen LogP contribution >= 0.6 is 0 Å². The number of aromatic amines is 1. The molecule has 0 saturated carbocycles. The summed E-state index contributed by atoms with van der Waals surface area (Å²) in [6, 6.07) is -0.697. The van der Waals surface area contributed by atoms with Gasteiger partial charge in [-0.05, 0) is 7.05 Å². The fraction of sp³-hybridized carbons (Fsp3) is 0.333. The van der Waals surface area contributed by atoms with Crippen LogP contribution in [-0.4, -0.2) is 28.1 Å². The average Bonchev–Trinajstić information content (AvgIpc) is 2.40. The van der Waals surface area contributed by atoms with Crippen molar-refractivity contribution < 1.29 is 9.90 Å². The van der Waals surface area contributed by atoms with E-state index in [0.29, 0.717) is 5.69 Å². The number of aromatic nitrogens is 2. The number of hydrogen-bond donors (Lipinski definition) is 3. The van der Waals surface area contributed by atoms with Crippen LogP contribution in [0.2, 0.25) is 0 Å². The molecular formula is C6H9N3O2. The lowest BCUT2D eigenvalue weighted by molar-refractivity contribution is -0.139. The van der Waals surface area contributed by atoms with E-state index in [1.54, 1.807) is 7.05 Å². The summed E-state index contributed by atoms with van der Waals surface area (Å²) < 4.78 is 0. The number of hydrogen-bond acceptors (Lipinski definition) is 3. The van der Waals surface area contributed by atoms with Crippen molar-refractivity contribution in [2.24, 2.45) is 0 Å². The molecule has 5 nitrogen and oxygen atoms in total. The molecule has 60 valence electrons. The number of nitrogens with zero attached hydrogens (tertiary/aromatic N) is 1. The first-order valence-corrected chi connectivity index (χ1v) is 3.14. The maximum absolute atomic E-state index is 10.5. The Hall–Kier alpha value is -1.36. The molecule has 1 aromatic rings. The Balaban J connectivity index is 2.79. The summed E-state index contributed by atoms with van der Waals surface area (Å²) in [5, 5.41) is 11.3. The third-order valence-electron chi connectivity index (χ3n) is 1.37. The zero-order chi connectivity index (χ0) is 8.27. The summed E-state index contributed by atoms with van der Waals surface area (Å²) in [6.45, 7) is 0. The van der Waals surface area contributed by atoms with E-state index >= 15 is 0 Å². The lowest BCUT2D eigenvalue weighted by Gasteiger charge is -2.06. The Labute approximate surface area is 63.5 Å². The second kappa shape index (κ2) is 3.16. The average molecular weight is 155 g/mol. The highest BCUT2D eigenvalue weighted by molar-refractivity contribution is 5.74. The van der Waals surface area contributed by atoms with Crippen molar-refractivity contribution in [1.29, 1.82) is 0 Å². The van der Waals surface area contributed by atoms with Crippen LogP contribution in [0.4, 0.5) is 0 Å². The minimum Gasteiger partial charge on any atom is -0.480 e. The van der Waals surface area contributed by atoms with Gasteiger partial charge >= 0.3 is 5.97 Å². The van der Waals surface area contributed by atoms with Crippen molar-refractivity contribution in [1.82, 2.24) is 15.3 Å². The highest BCUT2D eigenvalue weighted by atomic mass is 16.4. The number of carboxylic acid groups (broad SMARTS) is 1. The molecule has 0 aliphatic rings. The summed E-state index contributed by atoms with van der Waals surface area (Å²) >= 11 is 0. The lowest BCUT2D eigenvalue weighted by Crippen LogP contribution is -2.25. The second-order valence-corrected chi connectivity index (χ2v) is 2.07. The molecule has 11 heavy (non-hydrogen) atoms. The number of aliphatic carboxylic acids is 1. The van der Waals surface area contributed by atoms with Gasteiger partial charge in [0, 0.05) is 0 Å². The maximum atomic E-state index is 10.5. The topological polar surface area (TPSA) is 78.0 Å². The van der Waals surface area contributed by atoms with Crippen molar-refractivity contribution in [3.05, 3.63) is 18.2 Å². The fourth-order valence-corrected chi connectivity index (χ4v) is 0.837. The summed E-state index contributed by atoms with van der Waals surface area (Å²) in [7, 11) is 1.58. The van der Waals surface area contributed by atoms with E-state index in [0.717, 1.165) is 0 Å². The van der Waals surface area contributed by atoms with Crippen LogP contribution in [0.25, 0.3) is 0 Å². The number of likely N-dealkylation sites (N-methyl/N-ethyl adjacent to an activating group) is 1. The SMILES string of the molecule is CN[C@@H](C(=O)O)c1cnc[nH]1. The van der Waals surface area contributed by atoms with Crippen LogP contribution < -0.4 is 5.32 Å². The van der Waals surface area contributed by atoms with Crippen LogP contribution in [0.1, 0.15) is 11.7 Å². The molecule has 0 spiro atoms. The molecule has 0 amide bonds. The molecular weight excluding hydrogens is 146 g/mol. The van der Waals surface area contributed by atoms with E-state index < -0.39 is 12.0 Å². The van der Waals surface area contributed by atoms with Gasteiger partial charge in [0.15, 0.2) is 0 Å². The third-order valence-corrected chi connectivity index (χ3v) is 1.37. The van der Waals surface area contributed by atoms with Gasteiger partial charge in [0.1, 0.15) is 6.04 Å². The fourth-order valence-electron chi connectivity index (χ4n) is 0.837. The predicted octanol–water partition coefficient (Wildman–Crippen LogP) is -0.245. The van der Waals surface area contributed by atoms with Crippen LogP contribution in [0.15, 0.2) is 12.5 Å². The summed E-state index contributed by atoms with van der Waals surface area (Å²) in [6.07, 6.45) is 2.93. The van der Waals surface area contributed by atoms with Crippen molar-refractivity contribution >= 4 is 5.97 Å². The van der Waals surface area contributed by atoms with E-state index in [1.807, 2.05) is 0 Å². The number of rotatable bonds is 3. The van der Waals surface area contributed by atoms with Gasteiger partial charge in [0.25, 0.3) is 0 Å². The molecule has 1 aromatic heterocycles. The largest absolute Gasteiger partial charge is 0.480 e. The summed E-state index contributed by atoms with van der Waals surface area (Å²) in [5.74, 6) is -0.920. The molecule has 5 heteroatoms. The molecule has 1 rings (SSSR count). The van der Waals surface area contributed by atoms with Gasteiger partial charge in [-0.2, -0.15) is 0 Å². The van der Waals surface area contributed by atoms with E-state index in [-0.39, 0.29) is 0 Å². The number of nitrogens with one attached hydrogen (secondary N) is 2. The van der Waals surface area contributed by atoms with Gasteiger partial charge in [0.2, 0.25) is 0 Å². The van der Waals surface area contributed by atoms with Gasteiger partial charge in [-0.3, -0.25) is 4.79 Å². The Morgan fingerprint density at radius 2 is 2.64 bits per heavy atom. The molecule has 0 radical (unpaired) electrons. The molecule has 0 saturated heterocycles. The smallest absolute Gasteiger partial charge is 0.326 e. The summed E-state index contributed by atoms with van der Waals surface area (Å²) in [5.41, 5.74) is 0.556. The van der Waals surface area contributed by atoms with Crippen LogP contribution in [-0.2, 0) is 4.79 Å². The van der Waals surface area contributed by atoms with Crippen molar-refractivity contribution in [3.8, 4) is 0 Å². The molecule has 1 atom stereocenters. The normalized spacial score (nSPS) is 12.8. The minimum atomic E-state index is -0.920. The lowest BCUT2D eigenvalue weighted by atomic mass is 10.2. The van der Waals surface area contributed by atoms with Crippen molar-refractivity contribution in [2.75, 3.05) is 7.05 Å². The van der Waals surface area contributed by atoms with Gasteiger partial charge in [-0.1, -0.05) is 0 Å². The van der Waals surface area contributed by atoms with E-state index in [4.69, 9.17) is 5.11 Å². The number of imidazole rings is 1. The molecule has 0 aliphatic heterocycles. The van der Waals surface area contributed by atoms with Gasteiger partial charge in [0.05, 0.1) is 18.2 Å². The second-order valence-electron chi connectivity index (χ2n) is 2.07. The first-order chi connectivity index (χ1) is 5.25. The Morgan fingerprint density at radius 1 is 1.91 bits per heavy atom. The van der Waals surface area contributed by atoms with Crippen molar-refractivity contribution in [2.45, 2.75) is 6.04 Å². The van der Waals surface area contributed by atoms with Gasteiger partial charge < -0.3 is 15.4 Å². The zero-order valence-electron chi connectivity index (χ0n) is 6.03. The van der Waals surface area contributed by atoms with Gasteiger partial charge in [-0.25, -0.2) is 4.98 Å². The molecule has 0 bridgehead atoms. The Kier molecular flexibility index (Phi) is 2.22. The van der Waals surface area contributed by atoms with E-state index in [2.05, 4.69) is 15.3 Å². The van der Waals surface area contributed by atoms with E-state index in [9.17, 15) is 4.79 Å². The molecule has 0 aromatic carbocycles. The highest BCUT2D eigenvalue weighted by Gasteiger charge is 2.17. The molecule has 0 aliphatic carbocycles. The van der Waals surface area contributed by atoms with Crippen molar-refractivity contribution in [3.63, 3.8) is 0 Å². The first kappa shape index (κ1) is 7.74. The summed E-state index contributed by atoms with van der Waals surface area (Å²) in [4.78, 5) is 16.9. The minimum absolute atomic E-state index is 0.556. The number of carbonyl (C=O) groups is 1. The maximum Gasteiger partial charge on any atom is 0.326 e. The van der Waals surface area contributed by atoms with Gasteiger partial charge in [-0.15, -0.1) is 0 Å². The predicted molar refractivity (Wildman–Crippen MR) is 38.0 cm³/mol. The third kappa shape index (κ3) is 1.56. The number of carboxylic acids is 1. The monoisotopic (exact) mass is 155 g/mol. The molecule has 0 unspecified atom stereocenters. The van der Waals surface area contributed by atoms with E-state index in [1.165, 1.54) is 12.5 Å². The van der Waals surface area contributed by atoms with Crippen LogP contribution in [0.5, 0.6) is 0 Å². The van der Waals surface area contributed by atoms with Crippen LogP contribution in [0, 0.1) is 0 Å².